The van der Waals surface area contributed by atoms with Crippen LogP contribution in [0.5, 0.6) is 5.75 Å². The van der Waals surface area contributed by atoms with Gasteiger partial charge in [-0.3, -0.25) is 9.48 Å². The molecule has 0 saturated carbocycles. The molecule has 27 heavy (non-hydrogen) atoms. The molecule has 0 spiro atoms. The molecule has 7 nitrogen and oxygen atoms in total. The number of rotatable bonds is 6. The second-order valence-corrected chi connectivity index (χ2v) is 6.71. The SMILES string of the molecule is Cc1cccc(OCc2c(C(=O)NC(C)c3cn(C)nc3C)noc2C)c1. The van der Waals surface area contributed by atoms with Gasteiger partial charge in [0.2, 0.25) is 0 Å². The van der Waals surface area contributed by atoms with Gasteiger partial charge in [-0.25, -0.2) is 0 Å². The second-order valence-electron chi connectivity index (χ2n) is 6.71. The lowest BCUT2D eigenvalue weighted by Crippen LogP contribution is -2.28. The van der Waals surface area contributed by atoms with E-state index in [-0.39, 0.29) is 24.2 Å². The number of aromatic nitrogens is 3. The van der Waals surface area contributed by atoms with Crippen molar-refractivity contribution >= 4 is 5.91 Å². The van der Waals surface area contributed by atoms with E-state index in [1.165, 1.54) is 0 Å². The highest BCUT2D eigenvalue weighted by atomic mass is 16.5. The first-order valence-electron chi connectivity index (χ1n) is 8.80. The molecule has 1 aromatic carbocycles. The topological polar surface area (TPSA) is 82.2 Å². The summed E-state index contributed by atoms with van der Waals surface area (Å²) < 4.78 is 12.8. The van der Waals surface area contributed by atoms with E-state index >= 15 is 0 Å². The third-order valence-corrected chi connectivity index (χ3v) is 4.44. The molecule has 0 radical (unpaired) electrons. The molecule has 0 aliphatic carbocycles. The van der Waals surface area contributed by atoms with E-state index in [4.69, 9.17) is 9.26 Å². The van der Waals surface area contributed by atoms with Crippen molar-refractivity contribution in [2.75, 3.05) is 0 Å². The molecule has 3 aromatic rings. The number of hydrogen-bond acceptors (Lipinski definition) is 5. The first kappa shape index (κ1) is 18.7. The van der Waals surface area contributed by atoms with Crippen molar-refractivity contribution in [1.82, 2.24) is 20.3 Å². The molecule has 1 unspecified atom stereocenters. The van der Waals surface area contributed by atoms with Gasteiger partial charge in [0.15, 0.2) is 5.69 Å². The van der Waals surface area contributed by atoms with Crippen molar-refractivity contribution in [2.45, 2.75) is 40.3 Å². The molecule has 142 valence electrons. The minimum atomic E-state index is -0.301. The second kappa shape index (κ2) is 7.65. The molecule has 1 amide bonds. The van der Waals surface area contributed by atoms with Crippen LogP contribution in [-0.4, -0.2) is 20.8 Å². The summed E-state index contributed by atoms with van der Waals surface area (Å²) in [4.78, 5) is 12.7. The van der Waals surface area contributed by atoms with Gasteiger partial charge in [-0.1, -0.05) is 17.3 Å². The Balaban J connectivity index is 1.73. The molecule has 2 aromatic heterocycles. The molecule has 7 heteroatoms. The Hall–Kier alpha value is -3.09. The van der Waals surface area contributed by atoms with E-state index < -0.39 is 0 Å². The summed E-state index contributed by atoms with van der Waals surface area (Å²) in [5, 5.41) is 11.2. The molecule has 0 fully saturated rings. The van der Waals surface area contributed by atoms with E-state index in [0.717, 1.165) is 22.6 Å². The summed E-state index contributed by atoms with van der Waals surface area (Å²) in [6.07, 6.45) is 1.90. The third-order valence-electron chi connectivity index (χ3n) is 4.44. The molecule has 3 rings (SSSR count). The predicted molar refractivity (Wildman–Crippen MR) is 101 cm³/mol. The van der Waals surface area contributed by atoms with E-state index in [1.807, 2.05) is 58.3 Å². The minimum absolute atomic E-state index is 0.200. The predicted octanol–water partition coefficient (Wildman–Crippen LogP) is 3.40. The first-order chi connectivity index (χ1) is 12.8. The summed E-state index contributed by atoms with van der Waals surface area (Å²) in [7, 11) is 1.85. The fourth-order valence-corrected chi connectivity index (χ4v) is 2.99. The number of carbonyl (C=O) groups is 1. The maximum atomic E-state index is 12.7. The Morgan fingerprint density at radius 1 is 1.33 bits per heavy atom. The first-order valence-corrected chi connectivity index (χ1v) is 8.80. The average Bonchev–Trinajstić information content (AvgIpc) is 3.14. The van der Waals surface area contributed by atoms with Crippen LogP contribution in [0, 0.1) is 20.8 Å². The number of aryl methyl sites for hydroxylation is 4. The average molecular weight is 368 g/mol. The van der Waals surface area contributed by atoms with Crippen molar-refractivity contribution in [1.29, 1.82) is 0 Å². The molecule has 1 N–H and O–H groups in total. The number of amides is 1. The Morgan fingerprint density at radius 3 is 2.78 bits per heavy atom. The van der Waals surface area contributed by atoms with Crippen LogP contribution in [0.25, 0.3) is 0 Å². The molecular formula is C20H24N4O3. The monoisotopic (exact) mass is 368 g/mol. The molecule has 0 aliphatic rings. The lowest BCUT2D eigenvalue weighted by Gasteiger charge is -2.13. The van der Waals surface area contributed by atoms with Crippen molar-refractivity contribution in [3.63, 3.8) is 0 Å². The molecule has 0 saturated heterocycles. The van der Waals surface area contributed by atoms with E-state index in [9.17, 15) is 4.79 Å². The van der Waals surface area contributed by atoms with Crippen LogP contribution in [0.3, 0.4) is 0 Å². The van der Waals surface area contributed by atoms with E-state index in [1.54, 1.807) is 11.6 Å². The maximum absolute atomic E-state index is 12.7. The Labute approximate surface area is 158 Å². The highest BCUT2D eigenvalue weighted by molar-refractivity contribution is 5.94. The van der Waals surface area contributed by atoms with Gasteiger partial charge < -0.3 is 14.6 Å². The van der Waals surface area contributed by atoms with Crippen LogP contribution in [0.2, 0.25) is 0 Å². The van der Waals surface area contributed by atoms with Gasteiger partial charge >= 0.3 is 0 Å². The number of hydrogen-bond donors (Lipinski definition) is 1. The molecule has 2 heterocycles. The van der Waals surface area contributed by atoms with Crippen LogP contribution in [0.1, 0.15) is 51.6 Å². The quantitative estimate of drug-likeness (QED) is 0.721. The van der Waals surface area contributed by atoms with Crippen molar-refractivity contribution in [3.05, 3.63) is 64.3 Å². The van der Waals surface area contributed by atoms with Gasteiger partial charge in [-0.2, -0.15) is 5.10 Å². The van der Waals surface area contributed by atoms with Crippen LogP contribution < -0.4 is 10.1 Å². The van der Waals surface area contributed by atoms with Crippen molar-refractivity contribution in [3.8, 4) is 5.75 Å². The maximum Gasteiger partial charge on any atom is 0.274 e. The van der Waals surface area contributed by atoms with Crippen molar-refractivity contribution in [2.24, 2.45) is 7.05 Å². The van der Waals surface area contributed by atoms with Crippen LogP contribution in [0.4, 0.5) is 0 Å². The van der Waals surface area contributed by atoms with Gasteiger partial charge in [0, 0.05) is 18.8 Å². The van der Waals surface area contributed by atoms with Crippen LogP contribution >= 0.6 is 0 Å². The zero-order valence-electron chi connectivity index (χ0n) is 16.2. The van der Waals surface area contributed by atoms with Crippen LogP contribution in [-0.2, 0) is 13.7 Å². The van der Waals surface area contributed by atoms with Gasteiger partial charge in [-0.05, 0) is 45.4 Å². The number of benzene rings is 1. The highest BCUT2D eigenvalue weighted by Gasteiger charge is 2.23. The molecule has 1 atom stereocenters. The van der Waals surface area contributed by atoms with Crippen molar-refractivity contribution < 1.29 is 14.1 Å². The van der Waals surface area contributed by atoms with Gasteiger partial charge in [0.1, 0.15) is 18.1 Å². The zero-order valence-corrected chi connectivity index (χ0v) is 16.2. The lowest BCUT2D eigenvalue weighted by atomic mass is 10.1. The smallest absolute Gasteiger partial charge is 0.274 e. The normalized spacial score (nSPS) is 12.0. The number of ether oxygens (including phenoxy) is 1. The lowest BCUT2D eigenvalue weighted by molar-refractivity contribution is 0.0928. The highest BCUT2D eigenvalue weighted by Crippen LogP contribution is 2.21. The van der Waals surface area contributed by atoms with E-state index in [2.05, 4.69) is 15.6 Å². The standard InChI is InChI=1S/C20H24N4O3/c1-12-7-6-8-16(9-12)26-11-18-15(4)27-23-19(18)20(25)21-13(2)17-10-24(5)22-14(17)3/h6-10,13H,11H2,1-5H3,(H,21,25). The fraction of sp³-hybridized carbons (Fsp3) is 0.350. The number of nitrogens with one attached hydrogen (secondary N) is 1. The fourth-order valence-electron chi connectivity index (χ4n) is 2.99. The summed E-state index contributed by atoms with van der Waals surface area (Å²) in [5.74, 6) is 1.00. The Bertz CT molecular complexity index is 958. The zero-order chi connectivity index (χ0) is 19.6. The Morgan fingerprint density at radius 2 is 2.11 bits per heavy atom. The third kappa shape index (κ3) is 4.19. The van der Waals surface area contributed by atoms with Gasteiger partial charge in [-0.15, -0.1) is 0 Å². The molecule has 0 aliphatic heterocycles. The minimum Gasteiger partial charge on any atom is -0.489 e. The Kier molecular flexibility index (Phi) is 5.30. The summed E-state index contributed by atoms with van der Waals surface area (Å²) >= 11 is 0. The molecule has 0 bridgehead atoms. The molecular weight excluding hydrogens is 344 g/mol. The number of nitrogens with zero attached hydrogens (tertiary/aromatic N) is 3. The van der Waals surface area contributed by atoms with E-state index in [0.29, 0.717) is 11.3 Å². The van der Waals surface area contributed by atoms with Gasteiger partial charge in [0.25, 0.3) is 5.91 Å². The summed E-state index contributed by atoms with van der Waals surface area (Å²) in [6, 6.07) is 7.54. The van der Waals surface area contributed by atoms with Gasteiger partial charge in [0.05, 0.1) is 17.3 Å². The number of carbonyl (C=O) groups excluding carboxylic acids is 1. The summed E-state index contributed by atoms with van der Waals surface area (Å²) in [5.41, 5.74) is 3.83. The summed E-state index contributed by atoms with van der Waals surface area (Å²) in [6.45, 7) is 7.81. The largest absolute Gasteiger partial charge is 0.489 e. The van der Waals surface area contributed by atoms with Crippen LogP contribution in [0.15, 0.2) is 35.0 Å².